The van der Waals surface area contributed by atoms with Gasteiger partial charge in [-0.15, -0.1) is 0 Å². The molecule has 0 bridgehead atoms. The first kappa shape index (κ1) is 65.0. The summed E-state index contributed by atoms with van der Waals surface area (Å²) >= 11 is -25.2. The summed E-state index contributed by atoms with van der Waals surface area (Å²) in [6.07, 6.45) is 0. The van der Waals surface area contributed by atoms with Gasteiger partial charge in [-0.2, -0.15) is 0 Å². The molecule has 0 fully saturated rings. The summed E-state index contributed by atoms with van der Waals surface area (Å²) in [5, 5.41) is 0. The minimum absolute atomic E-state index is 0. The van der Waals surface area contributed by atoms with Crippen molar-refractivity contribution in [2.75, 3.05) is 0 Å². The summed E-state index contributed by atoms with van der Waals surface area (Å²) in [5.74, 6) is 0. The van der Waals surface area contributed by atoms with Gasteiger partial charge in [-0.1, -0.05) is 0 Å². The zero-order valence-electron chi connectivity index (χ0n) is 13.4. The van der Waals surface area contributed by atoms with Crippen molar-refractivity contribution >= 4 is 94.4 Å². The van der Waals surface area contributed by atoms with E-state index in [2.05, 4.69) is 0 Å². The summed E-state index contributed by atoms with van der Waals surface area (Å²) < 4.78 is 155. The van der Waals surface area contributed by atoms with E-state index in [1.165, 1.54) is 0 Å². The number of hydrogen-bond acceptors (Lipinski definition) is 18. The van der Waals surface area contributed by atoms with Crippen molar-refractivity contribution in [2.24, 2.45) is 0 Å². The molecule has 0 spiro atoms. The fraction of sp³-hybridized carbons (Fsp3) is 0. The van der Waals surface area contributed by atoms with Gasteiger partial charge >= 0.3 is 349 Å². The van der Waals surface area contributed by atoms with E-state index in [-0.39, 0.29) is 175 Å². The standard InChI is InChI=1S/Ba.K.Na.6Nb.18O.Sr/q+2;2*+1;;;;;;;;;;;;;;;;;;;6*-1;+2. The molecule has 28 heteroatoms. The summed E-state index contributed by atoms with van der Waals surface area (Å²) in [7, 11) is 0. The van der Waals surface area contributed by atoms with E-state index in [1.54, 1.807) is 0 Å². The van der Waals surface area contributed by atoms with Gasteiger partial charge in [0.05, 0.1) is 0 Å². The first-order chi connectivity index (χ1) is 10.4. The van der Waals surface area contributed by atoms with Gasteiger partial charge in [0.2, 0.25) is 0 Å². The molecule has 0 atom stereocenters. The van der Waals surface area contributed by atoms with Gasteiger partial charge < -0.3 is 0 Å². The van der Waals surface area contributed by atoms with Crippen LogP contribution in [0.2, 0.25) is 0 Å². The molecular weight excluding hydrogens is 1130 g/mol. The van der Waals surface area contributed by atoms with E-state index < -0.39 is 113 Å². The minimum Gasteiger partial charge on any atom is 2.00 e. The van der Waals surface area contributed by atoms with Crippen LogP contribution in [0.25, 0.3) is 0 Å². The third kappa shape index (κ3) is 630. The van der Waals surface area contributed by atoms with Crippen LogP contribution in [0, 0.1) is 0 Å². The van der Waals surface area contributed by atoms with Crippen LogP contribution in [0.5, 0.6) is 0 Å². The third-order valence-corrected chi connectivity index (χ3v) is 0. The Hall–Kier alpha value is 7.49. The molecule has 0 unspecified atom stereocenters. The second-order valence-corrected chi connectivity index (χ2v) is 7.94. The normalized spacial score (nSPS) is 5.36. The molecule has 0 rings (SSSR count). The van der Waals surface area contributed by atoms with Crippen LogP contribution < -0.4 is 103 Å². The van der Waals surface area contributed by atoms with E-state index in [9.17, 15) is 0 Å². The molecular formula is BaKNaNb6O18Sr. The van der Waals surface area contributed by atoms with Gasteiger partial charge in [0.15, 0.2) is 0 Å². The Balaban J connectivity index is -0.0000000169. The predicted octanol–water partition coefficient (Wildman–Crippen LogP) is -15.3. The molecule has 0 N–H and O–H groups in total. The first-order valence-corrected chi connectivity index (χ1v) is 19.4. The zero-order chi connectivity index (χ0) is 21.5. The van der Waals surface area contributed by atoms with Crippen molar-refractivity contribution in [3.63, 3.8) is 0 Å². The second-order valence-electron chi connectivity index (χ2n) is 1.34. The van der Waals surface area contributed by atoms with Gasteiger partial charge in [-0.05, 0) is 0 Å². The number of rotatable bonds is 0. The van der Waals surface area contributed by atoms with Crippen LogP contribution in [0.4, 0.5) is 0 Å². The average molecular weight is 1130 g/mol. The third-order valence-electron chi connectivity index (χ3n) is 0. The zero-order valence-corrected chi connectivity index (χ0v) is 39.7. The van der Waals surface area contributed by atoms with E-state index in [0.29, 0.717) is 0 Å². The smallest absolute Gasteiger partial charge is 2.00 e. The Morgan fingerprint density at radius 2 is 0.357 bits per heavy atom. The summed E-state index contributed by atoms with van der Waals surface area (Å²) in [6.45, 7) is 0. The maximum absolute atomic E-state index is 8.60. The molecule has 18 nitrogen and oxygen atoms in total. The van der Waals surface area contributed by atoms with Crippen LogP contribution in [-0.2, 0) is 152 Å². The summed E-state index contributed by atoms with van der Waals surface area (Å²) in [6, 6.07) is 0. The fourth-order valence-electron chi connectivity index (χ4n) is 0. The van der Waals surface area contributed by atoms with Crippen LogP contribution in [-0.4, -0.2) is 94.4 Å². The van der Waals surface area contributed by atoms with E-state index >= 15 is 0 Å². The Kier molecular flexibility index (Phi) is 138. The van der Waals surface area contributed by atoms with Crippen LogP contribution in [0.15, 0.2) is 0 Å². The van der Waals surface area contributed by atoms with E-state index in [0.717, 1.165) is 0 Å². The van der Waals surface area contributed by atoms with Crippen molar-refractivity contribution in [2.45, 2.75) is 0 Å². The van der Waals surface area contributed by atoms with Crippen LogP contribution in [0.3, 0.4) is 0 Å². The molecule has 0 aliphatic carbocycles. The molecule has 144 valence electrons. The van der Waals surface area contributed by atoms with E-state index in [4.69, 9.17) is 60.7 Å². The second kappa shape index (κ2) is 59.5. The molecule has 0 aliphatic heterocycles. The molecule has 0 heterocycles. The van der Waals surface area contributed by atoms with Crippen molar-refractivity contribution in [1.29, 1.82) is 0 Å². The van der Waals surface area contributed by atoms with Crippen molar-refractivity contribution in [3.8, 4) is 0 Å². The van der Waals surface area contributed by atoms with Crippen molar-refractivity contribution < 1.29 is 254 Å². The quantitative estimate of drug-likeness (QED) is 0.203. The van der Waals surface area contributed by atoms with Crippen LogP contribution in [0.1, 0.15) is 0 Å². The molecule has 0 saturated carbocycles. The minimum atomic E-state index is -4.20. The molecule has 0 saturated heterocycles. The van der Waals surface area contributed by atoms with Crippen molar-refractivity contribution in [3.05, 3.63) is 0 Å². The van der Waals surface area contributed by atoms with Crippen LogP contribution >= 0.6 is 0 Å². The van der Waals surface area contributed by atoms with Gasteiger partial charge in [-0.3, -0.25) is 0 Å². The molecule has 28 heavy (non-hydrogen) atoms. The number of hydrogen-bond donors (Lipinski definition) is 0. The monoisotopic (exact) mass is 1130 g/mol. The Morgan fingerprint density at radius 3 is 0.357 bits per heavy atom. The topological polar surface area (TPSA) is 343 Å². The van der Waals surface area contributed by atoms with Gasteiger partial charge in [-0.25, -0.2) is 0 Å². The molecule has 0 aromatic rings. The van der Waals surface area contributed by atoms with Gasteiger partial charge in [0.1, 0.15) is 0 Å². The Labute approximate surface area is 338 Å². The first-order valence-electron chi connectivity index (χ1n) is 3.29. The Bertz CT molecular complexity index is 490. The largest absolute Gasteiger partial charge is 2.00 e. The van der Waals surface area contributed by atoms with Crippen molar-refractivity contribution in [1.82, 2.24) is 0 Å². The molecule has 0 aromatic heterocycles. The van der Waals surface area contributed by atoms with Gasteiger partial charge in [0.25, 0.3) is 0 Å². The maximum atomic E-state index is 8.60. The van der Waals surface area contributed by atoms with E-state index in [1.807, 2.05) is 0 Å². The molecule has 0 amide bonds. The fourth-order valence-corrected chi connectivity index (χ4v) is 0. The predicted molar refractivity (Wildman–Crippen MR) is 19.7 cm³/mol. The summed E-state index contributed by atoms with van der Waals surface area (Å²) in [4.78, 5) is 0. The van der Waals surface area contributed by atoms with Gasteiger partial charge in [0, 0.05) is 0 Å². The average Bonchev–Trinajstić information content (AvgIpc) is 2.08. The molecule has 0 aromatic carbocycles. The summed E-state index contributed by atoms with van der Waals surface area (Å²) in [5.41, 5.74) is 0. The molecule has 0 aliphatic rings. The Morgan fingerprint density at radius 1 is 0.357 bits per heavy atom. The SMILES string of the molecule is [Ba+2].[K+].[Na+].[O]=[Nb](=[O])[O-].[O]=[Nb](=[O])[O-].[O]=[Nb](=[O])[O-].[O]=[Nb](=[O])[O-].[O]=[Nb](=[O])[O-].[O]=[Nb](=[O])[O-].[Sr+2]. The maximum Gasteiger partial charge on any atom is 2.00 e. The molecule has 0 radical (unpaired) electrons.